The van der Waals surface area contributed by atoms with E-state index in [9.17, 15) is 0 Å². The van der Waals surface area contributed by atoms with Gasteiger partial charge in [-0.2, -0.15) is 0 Å². The molecule has 0 bridgehead atoms. The van der Waals surface area contributed by atoms with Crippen molar-refractivity contribution < 1.29 is 9.47 Å². The maximum absolute atomic E-state index is 5.90. The highest BCUT2D eigenvalue weighted by Crippen LogP contribution is 2.31. The molecule has 1 aromatic carbocycles. The van der Waals surface area contributed by atoms with Crippen LogP contribution in [0.25, 0.3) is 0 Å². The number of para-hydroxylation sites is 2. The Balaban J connectivity index is 2.13. The normalized spacial score (nSPS) is 21.7. The van der Waals surface area contributed by atoms with Crippen molar-refractivity contribution in [3.8, 4) is 11.5 Å². The van der Waals surface area contributed by atoms with E-state index >= 15 is 0 Å². The summed E-state index contributed by atoms with van der Waals surface area (Å²) in [5.41, 5.74) is 5.90. The van der Waals surface area contributed by atoms with Crippen LogP contribution in [0.4, 0.5) is 0 Å². The Morgan fingerprint density at radius 2 is 2.14 bits per heavy atom. The van der Waals surface area contributed by atoms with Crippen LogP contribution in [-0.2, 0) is 0 Å². The lowest BCUT2D eigenvalue weighted by Crippen LogP contribution is -2.44. The Kier molecular flexibility index (Phi) is 2.59. The Bertz CT molecular complexity index is 314. The maximum atomic E-state index is 5.90. The highest BCUT2D eigenvalue weighted by molar-refractivity contribution is 5.40. The molecule has 0 amide bonds. The number of benzene rings is 1. The molecule has 2 atom stereocenters. The van der Waals surface area contributed by atoms with Crippen LogP contribution < -0.4 is 15.2 Å². The lowest BCUT2D eigenvalue weighted by atomic mass is 10.1. The van der Waals surface area contributed by atoms with Crippen molar-refractivity contribution in [2.75, 3.05) is 6.61 Å². The molecule has 3 nitrogen and oxygen atoms in total. The molecule has 76 valence electrons. The first-order valence-electron chi connectivity index (χ1n) is 4.95. The molecule has 0 fully saturated rings. The van der Waals surface area contributed by atoms with Crippen molar-refractivity contribution in [1.29, 1.82) is 0 Å². The van der Waals surface area contributed by atoms with Gasteiger partial charge in [-0.05, 0) is 18.6 Å². The second-order valence-corrected chi connectivity index (χ2v) is 3.49. The molecule has 0 saturated heterocycles. The number of hydrogen-bond acceptors (Lipinski definition) is 3. The third kappa shape index (κ3) is 1.68. The van der Waals surface area contributed by atoms with Crippen LogP contribution in [0, 0.1) is 0 Å². The molecule has 1 unspecified atom stereocenters. The van der Waals surface area contributed by atoms with E-state index in [-0.39, 0.29) is 12.1 Å². The molecule has 0 aliphatic carbocycles. The summed E-state index contributed by atoms with van der Waals surface area (Å²) in [6.07, 6.45) is 0.880. The average Bonchev–Trinajstić information content (AvgIpc) is 2.27. The summed E-state index contributed by atoms with van der Waals surface area (Å²) in [5, 5.41) is 0. The van der Waals surface area contributed by atoms with Gasteiger partial charge in [-0.1, -0.05) is 19.1 Å². The minimum absolute atomic E-state index is 0.0186. The maximum Gasteiger partial charge on any atom is 0.161 e. The molecule has 0 spiro atoms. The summed E-state index contributed by atoms with van der Waals surface area (Å²) in [6, 6.07) is 7.72. The Morgan fingerprint density at radius 3 is 2.86 bits per heavy atom. The summed E-state index contributed by atoms with van der Waals surface area (Å²) in [4.78, 5) is 0. The highest BCUT2D eigenvalue weighted by atomic mass is 16.6. The average molecular weight is 193 g/mol. The molecule has 3 heteroatoms. The van der Waals surface area contributed by atoms with Gasteiger partial charge >= 0.3 is 0 Å². The van der Waals surface area contributed by atoms with Crippen molar-refractivity contribution in [2.45, 2.75) is 25.5 Å². The zero-order valence-corrected chi connectivity index (χ0v) is 8.27. The zero-order valence-electron chi connectivity index (χ0n) is 8.27. The number of hydrogen-bond donors (Lipinski definition) is 1. The van der Waals surface area contributed by atoms with Crippen LogP contribution in [0.2, 0.25) is 0 Å². The van der Waals surface area contributed by atoms with Gasteiger partial charge in [-0.15, -0.1) is 0 Å². The minimum Gasteiger partial charge on any atom is -0.486 e. The van der Waals surface area contributed by atoms with Gasteiger partial charge < -0.3 is 15.2 Å². The molecule has 0 radical (unpaired) electrons. The van der Waals surface area contributed by atoms with Crippen LogP contribution in [0.3, 0.4) is 0 Å². The highest BCUT2D eigenvalue weighted by Gasteiger charge is 2.24. The summed E-state index contributed by atoms with van der Waals surface area (Å²) in [6.45, 7) is 2.60. The van der Waals surface area contributed by atoms with Gasteiger partial charge in [0.1, 0.15) is 12.7 Å². The van der Waals surface area contributed by atoms with E-state index in [0.717, 1.165) is 17.9 Å². The first-order valence-corrected chi connectivity index (χ1v) is 4.95. The van der Waals surface area contributed by atoms with Gasteiger partial charge in [0.2, 0.25) is 0 Å². The SMILES string of the molecule is CC[C@@H](N)C1COc2ccccc2O1. The fraction of sp³-hybridized carbons (Fsp3) is 0.455. The van der Waals surface area contributed by atoms with Crippen LogP contribution in [0.15, 0.2) is 24.3 Å². The lowest BCUT2D eigenvalue weighted by molar-refractivity contribution is 0.0713. The van der Waals surface area contributed by atoms with Gasteiger partial charge in [0.05, 0.1) is 0 Å². The van der Waals surface area contributed by atoms with Crippen LogP contribution >= 0.6 is 0 Å². The second-order valence-electron chi connectivity index (χ2n) is 3.49. The van der Waals surface area contributed by atoms with E-state index in [1.165, 1.54) is 0 Å². The van der Waals surface area contributed by atoms with Gasteiger partial charge in [-0.3, -0.25) is 0 Å². The first-order chi connectivity index (χ1) is 6.81. The van der Waals surface area contributed by atoms with Crippen molar-refractivity contribution in [3.63, 3.8) is 0 Å². The number of ether oxygens (including phenoxy) is 2. The van der Waals surface area contributed by atoms with Crippen LogP contribution in [-0.4, -0.2) is 18.8 Å². The van der Waals surface area contributed by atoms with Crippen molar-refractivity contribution in [3.05, 3.63) is 24.3 Å². The molecule has 1 aliphatic rings. The molecule has 0 saturated carbocycles. The fourth-order valence-electron chi connectivity index (χ4n) is 1.51. The van der Waals surface area contributed by atoms with Gasteiger partial charge in [0, 0.05) is 6.04 Å². The molecule has 14 heavy (non-hydrogen) atoms. The molecule has 2 N–H and O–H groups in total. The molecule has 1 heterocycles. The summed E-state index contributed by atoms with van der Waals surface area (Å²) in [5.74, 6) is 1.61. The molecular formula is C11H15NO2. The van der Waals surface area contributed by atoms with Crippen molar-refractivity contribution >= 4 is 0 Å². The predicted molar refractivity (Wildman–Crippen MR) is 54.6 cm³/mol. The molecular weight excluding hydrogens is 178 g/mol. The Hall–Kier alpha value is -1.22. The van der Waals surface area contributed by atoms with Crippen LogP contribution in [0.1, 0.15) is 13.3 Å². The number of nitrogens with two attached hydrogens (primary N) is 1. The van der Waals surface area contributed by atoms with Gasteiger partial charge in [0.15, 0.2) is 11.5 Å². The van der Waals surface area contributed by atoms with E-state index in [1.54, 1.807) is 0 Å². The monoisotopic (exact) mass is 193 g/mol. The van der Waals surface area contributed by atoms with E-state index in [1.807, 2.05) is 24.3 Å². The standard InChI is InChI=1S/C11H15NO2/c1-2-8(12)11-7-13-9-5-3-4-6-10(9)14-11/h3-6,8,11H,2,7,12H2,1H3/t8-,11?/m1/s1. The Morgan fingerprint density at radius 1 is 1.43 bits per heavy atom. The van der Waals surface area contributed by atoms with Crippen LogP contribution in [0.5, 0.6) is 11.5 Å². The molecule has 2 rings (SSSR count). The largest absolute Gasteiger partial charge is 0.486 e. The lowest BCUT2D eigenvalue weighted by Gasteiger charge is -2.29. The van der Waals surface area contributed by atoms with E-state index < -0.39 is 0 Å². The quantitative estimate of drug-likeness (QED) is 0.775. The molecule has 0 aromatic heterocycles. The minimum atomic E-state index is -0.0186. The van der Waals surface area contributed by atoms with E-state index in [2.05, 4.69) is 6.92 Å². The topological polar surface area (TPSA) is 44.5 Å². The second kappa shape index (κ2) is 3.88. The number of fused-ring (bicyclic) bond motifs is 1. The number of rotatable bonds is 2. The third-order valence-corrected chi connectivity index (χ3v) is 2.48. The van der Waals surface area contributed by atoms with Crippen molar-refractivity contribution in [2.24, 2.45) is 5.73 Å². The fourth-order valence-corrected chi connectivity index (χ4v) is 1.51. The molecule has 1 aliphatic heterocycles. The van der Waals surface area contributed by atoms with Gasteiger partial charge in [0.25, 0.3) is 0 Å². The van der Waals surface area contributed by atoms with E-state index in [0.29, 0.717) is 6.61 Å². The Labute approximate surface area is 83.8 Å². The summed E-state index contributed by atoms with van der Waals surface area (Å²) >= 11 is 0. The zero-order chi connectivity index (χ0) is 9.97. The molecule has 1 aromatic rings. The van der Waals surface area contributed by atoms with Crippen molar-refractivity contribution in [1.82, 2.24) is 0 Å². The first kappa shape index (κ1) is 9.34. The summed E-state index contributed by atoms with van der Waals surface area (Å²) in [7, 11) is 0. The predicted octanol–water partition coefficient (Wildman–Crippen LogP) is 1.56. The summed E-state index contributed by atoms with van der Waals surface area (Å²) < 4.78 is 11.3. The smallest absolute Gasteiger partial charge is 0.161 e. The van der Waals surface area contributed by atoms with Gasteiger partial charge in [-0.25, -0.2) is 0 Å². The van der Waals surface area contributed by atoms with E-state index in [4.69, 9.17) is 15.2 Å². The third-order valence-electron chi connectivity index (χ3n) is 2.48.